The van der Waals surface area contributed by atoms with Gasteiger partial charge in [-0.3, -0.25) is 4.79 Å². The van der Waals surface area contributed by atoms with Crippen LogP contribution in [0.2, 0.25) is 39.3 Å². The first-order valence-electron chi connectivity index (χ1n) is 16.3. The van der Waals surface area contributed by atoms with Gasteiger partial charge in [-0.15, -0.1) is 0 Å². The predicted molar refractivity (Wildman–Crippen MR) is 171 cm³/mol. The highest BCUT2D eigenvalue weighted by Crippen LogP contribution is 2.68. The number of hydrogen-bond acceptors (Lipinski definition) is 4. The number of allylic oxidation sites excluding steroid dienone is 2. The second-order valence-electron chi connectivity index (χ2n) is 16.4. The molecule has 0 aromatic carbocycles. The summed E-state index contributed by atoms with van der Waals surface area (Å²) < 4.78 is 18.6. The van der Waals surface area contributed by atoms with Gasteiger partial charge < -0.3 is 13.6 Å². The van der Waals surface area contributed by atoms with Crippen molar-refractivity contribution >= 4 is 22.6 Å². The molecule has 9 atom stereocenters. The van der Waals surface area contributed by atoms with Crippen molar-refractivity contribution in [3.63, 3.8) is 0 Å². The van der Waals surface area contributed by atoms with Gasteiger partial charge in [0.2, 0.25) is 8.32 Å². The van der Waals surface area contributed by atoms with Crippen LogP contribution in [0.5, 0.6) is 0 Å². The van der Waals surface area contributed by atoms with Crippen LogP contribution in [0.4, 0.5) is 0 Å². The molecule has 4 aliphatic rings. The van der Waals surface area contributed by atoms with Crippen LogP contribution in [0, 0.1) is 46.3 Å². The molecule has 4 rings (SSSR count). The van der Waals surface area contributed by atoms with Crippen molar-refractivity contribution in [1.82, 2.24) is 0 Å². The molecule has 3 fully saturated rings. The lowest BCUT2D eigenvalue weighted by molar-refractivity contribution is -0.145. The molecule has 0 bridgehead atoms. The maximum atomic E-state index is 11.9. The van der Waals surface area contributed by atoms with Crippen molar-refractivity contribution in [2.75, 3.05) is 7.11 Å². The molecular weight excluding hydrogens is 529 g/mol. The number of carbonyl (C=O) groups excluding carboxylic acids is 1. The van der Waals surface area contributed by atoms with Crippen LogP contribution in [0.25, 0.3) is 0 Å². The topological polar surface area (TPSA) is 44.8 Å². The molecule has 0 heterocycles. The molecule has 0 aliphatic heterocycles. The zero-order chi connectivity index (χ0) is 29.7. The van der Waals surface area contributed by atoms with Crippen LogP contribution in [0.1, 0.15) is 85.5 Å². The summed E-state index contributed by atoms with van der Waals surface area (Å²) in [6, 6.07) is 0. The average Bonchev–Trinajstić information content (AvgIpc) is 3.19. The third-order valence-electron chi connectivity index (χ3n) is 11.4. The molecular formula is C34H60O4Si2. The normalized spacial score (nSPS) is 37.3. The third-order valence-corrected chi connectivity index (χ3v) is 13.2. The Morgan fingerprint density at radius 3 is 2.33 bits per heavy atom. The summed E-state index contributed by atoms with van der Waals surface area (Å²) in [4.78, 5) is 11.9. The molecule has 0 radical (unpaired) electrons. The van der Waals surface area contributed by atoms with Gasteiger partial charge in [-0.05, 0) is 137 Å². The van der Waals surface area contributed by atoms with E-state index in [1.54, 1.807) is 5.57 Å². The van der Waals surface area contributed by atoms with Crippen LogP contribution >= 0.6 is 0 Å². The second kappa shape index (κ2) is 11.7. The Bertz CT molecular complexity index is 991. The summed E-state index contributed by atoms with van der Waals surface area (Å²) in [6.45, 7) is 23.7. The second-order valence-corrected chi connectivity index (χ2v) is 25.3. The minimum absolute atomic E-state index is 0.00505. The van der Waals surface area contributed by atoms with E-state index in [4.69, 9.17) is 13.6 Å². The van der Waals surface area contributed by atoms with Gasteiger partial charge in [0, 0.05) is 0 Å². The van der Waals surface area contributed by atoms with E-state index in [1.165, 1.54) is 39.2 Å². The maximum Gasteiger partial charge on any atom is 0.308 e. The number of rotatable bonds is 10. The van der Waals surface area contributed by atoms with Crippen molar-refractivity contribution in [3.8, 4) is 0 Å². The monoisotopic (exact) mass is 588 g/mol. The summed E-state index contributed by atoms with van der Waals surface area (Å²) in [5.74, 6) is 4.61. The van der Waals surface area contributed by atoms with Crippen molar-refractivity contribution in [2.24, 2.45) is 46.3 Å². The molecule has 228 valence electrons. The van der Waals surface area contributed by atoms with Gasteiger partial charge >= 0.3 is 5.97 Å². The average molecular weight is 589 g/mol. The Kier molecular flexibility index (Phi) is 9.36. The molecule has 0 amide bonds. The van der Waals surface area contributed by atoms with E-state index in [-0.39, 0.29) is 17.3 Å². The van der Waals surface area contributed by atoms with Crippen LogP contribution < -0.4 is 0 Å². The molecule has 4 aliphatic carbocycles. The Hall–Kier alpha value is -0.856. The largest absolute Gasteiger partial charge is 0.545 e. The van der Waals surface area contributed by atoms with Crippen molar-refractivity contribution in [2.45, 2.75) is 131 Å². The first kappa shape index (κ1) is 32.1. The molecule has 0 N–H and O–H groups in total. The summed E-state index contributed by atoms with van der Waals surface area (Å²) in [5.41, 5.74) is 2.22. The van der Waals surface area contributed by atoms with E-state index < -0.39 is 16.6 Å². The van der Waals surface area contributed by atoms with Gasteiger partial charge in [-0.1, -0.05) is 46.1 Å². The Balaban J connectivity index is 1.56. The fourth-order valence-electron chi connectivity index (χ4n) is 9.57. The highest BCUT2D eigenvalue weighted by Gasteiger charge is 2.62. The van der Waals surface area contributed by atoms with Crippen molar-refractivity contribution < 1.29 is 18.4 Å². The highest BCUT2D eigenvalue weighted by atomic mass is 28.4. The molecule has 0 aromatic rings. The Morgan fingerprint density at radius 2 is 1.70 bits per heavy atom. The van der Waals surface area contributed by atoms with Gasteiger partial charge in [0.15, 0.2) is 8.32 Å². The minimum atomic E-state index is -1.71. The number of carbonyl (C=O) groups is 1. The molecule has 0 saturated heterocycles. The van der Waals surface area contributed by atoms with Crippen LogP contribution in [0.15, 0.2) is 23.5 Å². The summed E-state index contributed by atoms with van der Waals surface area (Å²) in [6.07, 6.45) is 16.0. The number of esters is 1. The fourth-order valence-corrected chi connectivity index (χ4v) is 11.6. The van der Waals surface area contributed by atoms with Crippen LogP contribution in [-0.2, 0) is 18.4 Å². The van der Waals surface area contributed by atoms with Gasteiger partial charge in [-0.25, -0.2) is 0 Å². The molecule has 4 nitrogen and oxygen atoms in total. The Labute approximate surface area is 248 Å². The number of ether oxygens (including phenoxy) is 1. The SMILES string of the molecule is COC(=O)C(C)CCCC(C)C1CCC2C3C(O[Si](C)(C)C)CC4=CC(O[Si](C)(C)C)=CCC4(C)C3CCC12C. The minimum Gasteiger partial charge on any atom is -0.545 e. The van der Waals surface area contributed by atoms with Crippen molar-refractivity contribution in [1.29, 1.82) is 0 Å². The highest BCUT2D eigenvalue weighted by molar-refractivity contribution is 6.70. The number of hydrogen-bond donors (Lipinski definition) is 0. The van der Waals surface area contributed by atoms with Crippen LogP contribution in [-0.4, -0.2) is 35.8 Å². The lowest BCUT2D eigenvalue weighted by Gasteiger charge is -2.61. The van der Waals surface area contributed by atoms with E-state index in [0.29, 0.717) is 29.3 Å². The zero-order valence-electron chi connectivity index (χ0n) is 27.7. The third kappa shape index (κ3) is 6.54. The fraction of sp³-hybridized carbons (Fsp3) is 0.853. The van der Waals surface area contributed by atoms with E-state index >= 15 is 0 Å². The summed E-state index contributed by atoms with van der Waals surface area (Å²) in [5, 5.41) is 0. The number of fused-ring (bicyclic) bond motifs is 5. The quantitative estimate of drug-likeness (QED) is 0.188. The van der Waals surface area contributed by atoms with Crippen LogP contribution in [0.3, 0.4) is 0 Å². The van der Waals surface area contributed by atoms with E-state index in [0.717, 1.165) is 43.3 Å². The Morgan fingerprint density at radius 1 is 1.00 bits per heavy atom. The van der Waals surface area contributed by atoms with E-state index in [1.807, 2.05) is 6.92 Å². The lowest BCUT2D eigenvalue weighted by atomic mass is 9.46. The summed E-state index contributed by atoms with van der Waals surface area (Å²) in [7, 11) is -1.85. The van der Waals surface area contributed by atoms with E-state index in [9.17, 15) is 4.79 Å². The summed E-state index contributed by atoms with van der Waals surface area (Å²) >= 11 is 0. The molecule has 40 heavy (non-hydrogen) atoms. The first-order valence-corrected chi connectivity index (χ1v) is 23.2. The zero-order valence-corrected chi connectivity index (χ0v) is 29.7. The van der Waals surface area contributed by atoms with Gasteiger partial charge in [-0.2, -0.15) is 0 Å². The van der Waals surface area contributed by atoms with Crippen molar-refractivity contribution in [3.05, 3.63) is 23.5 Å². The lowest BCUT2D eigenvalue weighted by Crippen LogP contribution is -2.57. The first-order chi connectivity index (χ1) is 18.5. The van der Waals surface area contributed by atoms with Gasteiger partial charge in [0.25, 0.3) is 0 Å². The molecule has 0 aromatic heterocycles. The van der Waals surface area contributed by atoms with E-state index in [2.05, 4.69) is 72.2 Å². The molecule has 6 heteroatoms. The standard InChI is InChI=1S/C34H60O4Si2/c1-23(13-12-14-24(2)32(35)36-5)27-15-16-28-31-29(18-20-34(27,28)4)33(3)19-17-26(37-39(6,7)8)21-25(33)22-30(31)38-40(9,10)11/h17,21,23-24,27-31H,12-16,18-20,22H2,1-11H3. The number of methoxy groups -OCH3 is 1. The smallest absolute Gasteiger partial charge is 0.308 e. The molecule has 9 unspecified atom stereocenters. The molecule has 0 spiro atoms. The van der Waals surface area contributed by atoms with Gasteiger partial charge in [0.05, 0.1) is 24.9 Å². The predicted octanol–water partition coefficient (Wildman–Crippen LogP) is 9.36. The van der Waals surface area contributed by atoms with Gasteiger partial charge in [0.1, 0.15) is 0 Å². The molecule has 3 saturated carbocycles. The maximum absolute atomic E-state index is 11.9.